The minimum absolute atomic E-state index is 0.0905. The van der Waals surface area contributed by atoms with Crippen molar-refractivity contribution in [3.63, 3.8) is 0 Å². The van der Waals surface area contributed by atoms with E-state index in [1.54, 1.807) is 18.5 Å². The third-order valence-electron chi connectivity index (χ3n) is 6.59. The van der Waals surface area contributed by atoms with E-state index in [-0.39, 0.29) is 11.7 Å². The predicted molar refractivity (Wildman–Crippen MR) is 147 cm³/mol. The number of ether oxygens (including phenoxy) is 3. The summed E-state index contributed by atoms with van der Waals surface area (Å²) in [6, 6.07) is 19.3. The number of carbonyl (C=O) groups excluding carboxylic acids is 1. The molecule has 1 saturated heterocycles. The van der Waals surface area contributed by atoms with Gasteiger partial charge in [-0.1, -0.05) is 6.07 Å². The minimum Gasteiger partial charge on any atom is -0.493 e. The first-order chi connectivity index (χ1) is 19.2. The summed E-state index contributed by atoms with van der Waals surface area (Å²) >= 11 is 0. The maximum atomic E-state index is 13.0. The van der Waals surface area contributed by atoms with Crippen LogP contribution in [0.5, 0.6) is 11.5 Å². The molecule has 0 radical (unpaired) electrons. The van der Waals surface area contributed by atoms with Crippen LogP contribution in [0.3, 0.4) is 0 Å². The first-order valence-corrected chi connectivity index (χ1v) is 13.3. The fraction of sp³-hybridized carbons (Fsp3) is 0.333. The van der Waals surface area contributed by atoms with Gasteiger partial charge in [0.1, 0.15) is 23.6 Å². The van der Waals surface area contributed by atoms with Crippen molar-refractivity contribution in [1.29, 1.82) is 0 Å². The number of rotatable bonds is 12. The lowest BCUT2D eigenvalue weighted by molar-refractivity contribution is 0.0374. The second-order valence-corrected chi connectivity index (χ2v) is 9.38. The van der Waals surface area contributed by atoms with E-state index in [9.17, 15) is 9.18 Å². The number of benzene rings is 3. The normalized spacial score (nSPS) is 13.9. The van der Waals surface area contributed by atoms with E-state index in [0.29, 0.717) is 37.5 Å². The Bertz CT molecular complexity index is 1370. The van der Waals surface area contributed by atoms with Crippen LogP contribution < -0.4 is 14.8 Å². The molecule has 8 nitrogen and oxygen atoms in total. The molecule has 204 valence electrons. The minimum atomic E-state index is -0.284. The number of aromatic nitrogens is 2. The number of amides is 1. The topological polar surface area (TPSA) is 77.9 Å². The van der Waals surface area contributed by atoms with Crippen LogP contribution in [0.1, 0.15) is 23.2 Å². The quantitative estimate of drug-likeness (QED) is 0.272. The Labute approximate surface area is 227 Å². The van der Waals surface area contributed by atoms with Gasteiger partial charge in [-0.05, 0) is 67.6 Å². The Balaban J connectivity index is 1.12. The molecule has 0 aliphatic carbocycles. The highest BCUT2D eigenvalue weighted by Gasteiger charge is 2.12. The van der Waals surface area contributed by atoms with Crippen LogP contribution in [0.2, 0.25) is 0 Å². The molecule has 0 spiro atoms. The fourth-order valence-electron chi connectivity index (χ4n) is 4.48. The van der Waals surface area contributed by atoms with E-state index in [0.717, 1.165) is 61.7 Å². The molecule has 1 amide bonds. The molecule has 1 aromatic heterocycles. The number of hydrogen-bond donors (Lipinski definition) is 1. The van der Waals surface area contributed by atoms with Gasteiger partial charge >= 0.3 is 0 Å². The van der Waals surface area contributed by atoms with Crippen LogP contribution in [0.4, 0.5) is 4.39 Å². The molecule has 0 atom stereocenters. The van der Waals surface area contributed by atoms with E-state index < -0.39 is 0 Å². The molecule has 1 N–H and O–H groups in total. The largest absolute Gasteiger partial charge is 0.493 e. The monoisotopic (exact) mass is 532 g/mol. The number of nitrogens with one attached hydrogen (secondary N) is 1. The van der Waals surface area contributed by atoms with Gasteiger partial charge in [0.2, 0.25) is 0 Å². The van der Waals surface area contributed by atoms with Crippen molar-refractivity contribution in [2.45, 2.75) is 12.8 Å². The Morgan fingerprint density at radius 1 is 0.949 bits per heavy atom. The zero-order chi connectivity index (χ0) is 26.9. The number of imidazole rings is 1. The Morgan fingerprint density at radius 2 is 1.74 bits per heavy atom. The van der Waals surface area contributed by atoms with Gasteiger partial charge in [-0.3, -0.25) is 14.3 Å². The molecule has 0 unspecified atom stereocenters. The average molecular weight is 533 g/mol. The smallest absolute Gasteiger partial charge is 0.251 e. The van der Waals surface area contributed by atoms with Crippen LogP contribution in [0, 0.1) is 5.82 Å². The van der Waals surface area contributed by atoms with Gasteiger partial charge in [-0.15, -0.1) is 0 Å². The predicted octanol–water partition coefficient (Wildman–Crippen LogP) is 4.46. The highest BCUT2D eigenvalue weighted by Crippen LogP contribution is 2.23. The Kier molecular flexibility index (Phi) is 9.03. The van der Waals surface area contributed by atoms with Gasteiger partial charge in [0, 0.05) is 37.7 Å². The van der Waals surface area contributed by atoms with Gasteiger partial charge in [0.25, 0.3) is 5.91 Å². The van der Waals surface area contributed by atoms with E-state index in [1.807, 2.05) is 47.0 Å². The zero-order valence-corrected chi connectivity index (χ0v) is 21.9. The summed E-state index contributed by atoms with van der Waals surface area (Å²) in [4.78, 5) is 19.6. The fourth-order valence-corrected chi connectivity index (χ4v) is 4.48. The molecule has 3 aromatic carbocycles. The number of hydrogen-bond acceptors (Lipinski definition) is 6. The number of fused-ring (bicyclic) bond motifs is 1. The first-order valence-electron chi connectivity index (χ1n) is 13.3. The first kappa shape index (κ1) is 26.6. The molecule has 1 fully saturated rings. The number of nitrogens with zero attached hydrogens (tertiary/aromatic N) is 3. The SMILES string of the molecule is O=C(NCCCN1CCOCC1)c1ccc2c(c1)ncn2-c1cccc(OCCCOc2ccc(F)cc2)c1. The van der Waals surface area contributed by atoms with Gasteiger partial charge in [0.15, 0.2) is 0 Å². The summed E-state index contributed by atoms with van der Waals surface area (Å²) in [5.41, 5.74) is 3.17. The molecule has 1 aliphatic rings. The van der Waals surface area contributed by atoms with Gasteiger partial charge < -0.3 is 19.5 Å². The molecule has 0 saturated carbocycles. The van der Waals surface area contributed by atoms with E-state index in [4.69, 9.17) is 14.2 Å². The van der Waals surface area contributed by atoms with Crippen molar-refractivity contribution in [2.75, 3.05) is 52.6 Å². The summed E-state index contributed by atoms with van der Waals surface area (Å²) in [7, 11) is 0. The van der Waals surface area contributed by atoms with Crippen LogP contribution >= 0.6 is 0 Å². The molecule has 9 heteroatoms. The highest BCUT2D eigenvalue weighted by atomic mass is 19.1. The molecule has 2 heterocycles. The third-order valence-corrected chi connectivity index (χ3v) is 6.59. The van der Waals surface area contributed by atoms with Crippen LogP contribution in [0.15, 0.2) is 73.1 Å². The van der Waals surface area contributed by atoms with Crippen LogP contribution in [0.25, 0.3) is 16.7 Å². The van der Waals surface area contributed by atoms with Gasteiger partial charge in [0.05, 0.1) is 43.1 Å². The third kappa shape index (κ3) is 7.34. The van der Waals surface area contributed by atoms with E-state index >= 15 is 0 Å². The van der Waals surface area contributed by atoms with Crippen LogP contribution in [-0.4, -0.2) is 73.0 Å². The lowest BCUT2D eigenvalue weighted by atomic mass is 10.2. The Hall–Kier alpha value is -3.95. The molecular weight excluding hydrogens is 499 g/mol. The van der Waals surface area contributed by atoms with Crippen molar-refractivity contribution >= 4 is 16.9 Å². The number of halogens is 1. The molecular formula is C30H33FN4O4. The molecule has 4 aromatic rings. The standard InChI is InChI=1S/C30H33FN4O4/c31-24-7-9-26(10-8-24)38-16-3-17-39-27-5-1-4-25(21-27)35-22-33-28-20-23(6-11-29(28)35)30(36)32-12-2-13-34-14-18-37-19-15-34/h1,4-11,20-22H,2-3,12-19H2,(H,32,36). The summed E-state index contributed by atoms with van der Waals surface area (Å²) in [5, 5.41) is 3.02. The summed E-state index contributed by atoms with van der Waals surface area (Å²) < 4.78 is 31.9. The Morgan fingerprint density at radius 3 is 2.56 bits per heavy atom. The van der Waals surface area contributed by atoms with Crippen molar-refractivity contribution < 1.29 is 23.4 Å². The van der Waals surface area contributed by atoms with E-state index in [1.165, 1.54) is 12.1 Å². The van der Waals surface area contributed by atoms with Crippen LogP contribution in [-0.2, 0) is 4.74 Å². The maximum Gasteiger partial charge on any atom is 0.251 e. The van der Waals surface area contributed by atoms with Gasteiger partial charge in [-0.2, -0.15) is 0 Å². The summed E-state index contributed by atoms with van der Waals surface area (Å²) in [5.74, 6) is 0.999. The molecule has 1 aliphatic heterocycles. The zero-order valence-electron chi connectivity index (χ0n) is 21.9. The molecule has 5 rings (SSSR count). The lowest BCUT2D eigenvalue weighted by Crippen LogP contribution is -2.38. The van der Waals surface area contributed by atoms with Crippen molar-refractivity contribution in [3.05, 3.63) is 84.4 Å². The van der Waals surface area contributed by atoms with Crippen molar-refractivity contribution in [2.24, 2.45) is 0 Å². The second-order valence-electron chi connectivity index (χ2n) is 9.38. The maximum absolute atomic E-state index is 13.0. The second kappa shape index (κ2) is 13.2. The summed E-state index contributed by atoms with van der Waals surface area (Å²) in [6.07, 6.45) is 3.35. The summed E-state index contributed by atoms with van der Waals surface area (Å²) in [6.45, 7) is 6.03. The molecule has 0 bridgehead atoms. The van der Waals surface area contributed by atoms with Crippen molar-refractivity contribution in [1.82, 2.24) is 19.8 Å². The number of carbonyl (C=O) groups is 1. The van der Waals surface area contributed by atoms with E-state index in [2.05, 4.69) is 15.2 Å². The molecule has 39 heavy (non-hydrogen) atoms. The highest BCUT2D eigenvalue weighted by molar-refractivity contribution is 5.97. The number of morpholine rings is 1. The van der Waals surface area contributed by atoms with Gasteiger partial charge in [-0.25, -0.2) is 9.37 Å². The lowest BCUT2D eigenvalue weighted by Gasteiger charge is -2.26. The van der Waals surface area contributed by atoms with Crippen molar-refractivity contribution in [3.8, 4) is 17.2 Å². The average Bonchev–Trinajstić information content (AvgIpc) is 3.40.